The van der Waals surface area contributed by atoms with Gasteiger partial charge in [-0.2, -0.15) is 0 Å². The van der Waals surface area contributed by atoms with Crippen LogP contribution in [0.25, 0.3) is 0 Å². The van der Waals surface area contributed by atoms with Gasteiger partial charge in [-0.25, -0.2) is 4.98 Å². The van der Waals surface area contributed by atoms with Crippen LogP contribution >= 0.6 is 11.6 Å². The molecule has 132 valence electrons. The number of hydrogen-bond donors (Lipinski definition) is 1. The Morgan fingerprint density at radius 2 is 2.12 bits per heavy atom. The van der Waals surface area contributed by atoms with E-state index in [-0.39, 0.29) is 5.91 Å². The lowest BCUT2D eigenvalue weighted by atomic mass is 10.00. The number of rotatable bonds is 5. The number of carbonyl (C=O) groups is 1. The summed E-state index contributed by atoms with van der Waals surface area (Å²) in [4.78, 5) is 19.2. The molecule has 5 heteroatoms. The van der Waals surface area contributed by atoms with Gasteiger partial charge in [0.25, 0.3) is 5.91 Å². The van der Waals surface area contributed by atoms with E-state index in [0.29, 0.717) is 23.2 Å². The van der Waals surface area contributed by atoms with E-state index in [4.69, 9.17) is 11.6 Å². The summed E-state index contributed by atoms with van der Waals surface area (Å²) < 4.78 is 0. The van der Waals surface area contributed by atoms with Gasteiger partial charge in [0, 0.05) is 30.4 Å². The summed E-state index contributed by atoms with van der Waals surface area (Å²) in [5, 5.41) is 3.56. The molecule has 4 nitrogen and oxygen atoms in total. The highest BCUT2D eigenvalue weighted by atomic mass is 35.5. The Labute approximate surface area is 154 Å². The number of carbonyl (C=O) groups excluding carboxylic acids is 1. The lowest BCUT2D eigenvalue weighted by Crippen LogP contribution is -2.39. The minimum atomic E-state index is -0.135. The van der Waals surface area contributed by atoms with Crippen LogP contribution in [0.4, 0.5) is 5.82 Å². The second-order valence-corrected chi connectivity index (χ2v) is 6.84. The molecule has 2 aromatic rings. The number of piperidine rings is 1. The smallest absolute Gasteiger partial charge is 0.253 e. The first-order valence-corrected chi connectivity index (χ1v) is 9.31. The van der Waals surface area contributed by atoms with E-state index in [1.54, 1.807) is 6.20 Å². The Kier molecular flexibility index (Phi) is 5.92. The Bertz CT molecular complexity index is 717. The molecule has 0 bridgehead atoms. The van der Waals surface area contributed by atoms with Crippen LogP contribution in [0.5, 0.6) is 0 Å². The van der Waals surface area contributed by atoms with Crippen molar-refractivity contribution < 1.29 is 4.79 Å². The molecular weight excluding hydrogens is 334 g/mol. The molecule has 25 heavy (non-hydrogen) atoms. The molecule has 0 radical (unpaired) electrons. The topological polar surface area (TPSA) is 45.2 Å². The largest absolute Gasteiger partial charge is 0.354 e. The zero-order valence-corrected chi connectivity index (χ0v) is 15.3. The third-order valence-corrected chi connectivity index (χ3v) is 5.17. The van der Waals surface area contributed by atoms with Crippen LogP contribution in [0.1, 0.15) is 48.5 Å². The van der Waals surface area contributed by atoms with Gasteiger partial charge in [0.05, 0.1) is 5.56 Å². The number of nitrogens with one attached hydrogen (secondary N) is 1. The number of anilines is 1. The lowest BCUT2D eigenvalue weighted by Gasteiger charge is -2.36. The normalized spacial score (nSPS) is 17.4. The predicted molar refractivity (Wildman–Crippen MR) is 102 cm³/mol. The molecule has 1 saturated heterocycles. The van der Waals surface area contributed by atoms with Crippen LogP contribution in [0.15, 0.2) is 42.6 Å². The maximum absolute atomic E-state index is 12.3. The van der Waals surface area contributed by atoms with E-state index >= 15 is 0 Å². The molecule has 1 unspecified atom stereocenters. The van der Waals surface area contributed by atoms with Gasteiger partial charge >= 0.3 is 0 Å². The quantitative estimate of drug-likeness (QED) is 0.860. The average molecular weight is 358 g/mol. The number of pyridine rings is 1. The maximum Gasteiger partial charge on any atom is 0.253 e. The Morgan fingerprint density at radius 3 is 2.84 bits per heavy atom. The zero-order valence-electron chi connectivity index (χ0n) is 14.5. The minimum absolute atomic E-state index is 0.135. The number of nitrogens with zero attached hydrogens (tertiary/aromatic N) is 2. The van der Waals surface area contributed by atoms with Crippen LogP contribution in [0.2, 0.25) is 5.02 Å². The first-order valence-electron chi connectivity index (χ1n) is 8.93. The number of aromatic nitrogens is 1. The average Bonchev–Trinajstić information content (AvgIpc) is 2.67. The maximum atomic E-state index is 12.3. The van der Waals surface area contributed by atoms with Crippen LogP contribution in [-0.4, -0.2) is 23.5 Å². The molecular formula is C20H24ClN3O. The molecule has 1 aromatic heterocycles. The molecule has 0 spiro atoms. The summed E-state index contributed by atoms with van der Waals surface area (Å²) in [6.07, 6.45) is 6.51. The zero-order chi connectivity index (χ0) is 17.6. The van der Waals surface area contributed by atoms with Crippen molar-refractivity contribution in [3.05, 3.63) is 58.7 Å². The predicted octanol–water partition coefficient (Wildman–Crippen LogP) is 4.43. The van der Waals surface area contributed by atoms with Crippen molar-refractivity contribution in [1.29, 1.82) is 0 Å². The molecule has 1 amide bonds. The van der Waals surface area contributed by atoms with E-state index in [0.717, 1.165) is 24.3 Å². The molecule has 1 atom stereocenters. The summed E-state index contributed by atoms with van der Waals surface area (Å²) >= 11 is 6.12. The fraction of sp³-hybridized carbons (Fsp3) is 0.400. The third-order valence-electron chi connectivity index (χ3n) is 4.80. The molecule has 1 fully saturated rings. The van der Waals surface area contributed by atoms with Gasteiger partial charge in [0.15, 0.2) is 0 Å². The van der Waals surface area contributed by atoms with Crippen LogP contribution in [0.3, 0.4) is 0 Å². The number of amides is 1. The summed E-state index contributed by atoms with van der Waals surface area (Å²) in [6, 6.07) is 11.9. The Balaban J connectivity index is 1.63. The van der Waals surface area contributed by atoms with Crippen molar-refractivity contribution in [2.75, 3.05) is 11.4 Å². The first-order chi connectivity index (χ1) is 12.2. The molecule has 1 aromatic carbocycles. The molecule has 1 aliphatic heterocycles. The first kappa shape index (κ1) is 17.7. The van der Waals surface area contributed by atoms with Crippen LogP contribution in [0, 0.1) is 0 Å². The van der Waals surface area contributed by atoms with Crippen molar-refractivity contribution in [3.8, 4) is 0 Å². The fourth-order valence-electron chi connectivity index (χ4n) is 3.34. The molecule has 2 heterocycles. The highest BCUT2D eigenvalue weighted by molar-refractivity contribution is 6.31. The number of benzene rings is 1. The highest BCUT2D eigenvalue weighted by Gasteiger charge is 2.22. The molecule has 3 rings (SSSR count). The fourth-order valence-corrected chi connectivity index (χ4v) is 3.54. The summed E-state index contributed by atoms with van der Waals surface area (Å²) in [7, 11) is 0. The Hall–Kier alpha value is -2.07. The second kappa shape index (κ2) is 8.34. The van der Waals surface area contributed by atoms with Crippen molar-refractivity contribution in [1.82, 2.24) is 10.3 Å². The molecule has 1 N–H and O–H groups in total. The highest BCUT2D eigenvalue weighted by Crippen LogP contribution is 2.25. The SMILES string of the molecule is CCC1CCCCN1c1ccc(C(=O)NCc2ccccc2Cl)cn1. The third kappa shape index (κ3) is 4.31. The van der Waals surface area contributed by atoms with Gasteiger partial charge in [-0.05, 0) is 49.4 Å². The van der Waals surface area contributed by atoms with Crippen molar-refractivity contribution >= 4 is 23.3 Å². The van der Waals surface area contributed by atoms with Crippen molar-refractivity contribution in [3.63, 3.8) is 0 Å². The number of halogens is 1. The van der Waals surface area contributed by atoms with Gasteiger partial charge in [-0.15, -0.1) is 0 Å². The minimum Gasteiger partial charge on any atom is -0.354 e. The van der Waals surface area contributed by atoms with E-state index in [1.807, 2.05) is 36.4 Å². The van der Waals surface area contributed by atoms with E-state index in [2.05, 4.69) is 22.1 Å². The van der Waals surface area contributed by atoms with Crippen LogP contribution < -0.4 is 10.2 Å². The van der Waals surface area contributed by atoms with Gasteiger partial charge < -0.3 is 10.2 Å². The van der Waals surface area contributed by atoms with Gasteiger partial charge in [0.1, 0.15) is 5.82 Å². The van der Waals surface area contributed by atoms with E-state index < -0.39 is 0 Å². The van der Waals surface area contributed by atoms with E-state index in [9.17, 15) is 4.79 Å². The summed E-state index contributed by atoms with van der Waals surface area (Å²) in [6.45, 7) is 3.67. The molecule has 0 saturated carbocycles. The summed E-state index contributed by atoms with van der Waals surface area (Å²) in [5.41, 5.74) is 1.47. The van der Waals surface area contributed by atoms with Crippen molar-refractivity contribution in [2.24, 2.45) is 0 Å². The monoisotopic (exact) mass is 357 g/mol. The Morgan fingerprint density at radius 1 is 1.28 bits per heavy atom. The second-order valence-electron chi connectivity index (χ2n) is 6.43. The van der Waals surface area contributed by atoms with E-state index in [1.165, 1.54) is 19.3 Å². The van der Waals surface area contributed by atoms with Crippen LogP contribution in [-0.2, 0) is 6.54 Å². The van der Waals surface area contributed by atoms with Gasteiger partial charge in [-0.3, -0.25) is 4.79 Å². The number of hydrogen-bond acceptors (Lipinski definition) is 3. The van der Waals surface area contributed by atoms with Crippen molar-refractivity contribution in [2.45, 2.75) is 45.2 Å². The summed E-state index contributed by atoms with van der Waals surface area (Å²) in [5.74, 6) is 0.832. The standard InChI is InChI=1S/C20H24ClN3O/c1-2-17-8-5-6-12-24(17)19-11-10-16(14-22-19)20(25)23-13-15-7-3-4-9-18(15)21/h3-4,7,9-11,14,17H,2,5-6,8,12-13H2,1H3,(H,23,25). The van der Waals surface area contributed by atoms with Gasteiger partial charge in [-0.1, -0.05) is 36.7 Å². The lowest BCUT2D eigenvalue weighted by molar-refractivity contribution is 0.0950. The van der Waals surface area contributed by atoms with Gasteiger partial charge in [0.2, 0.25) is 0 Å². The molecule has 0 aliphatic carbocycles. The molecule has 1 aliphatic rings.